The van der Waals surface area contributed by atoms with Crippen molar-refractivity contribution >= 4 is 16.2 Å². The zero-order valence-electron chi connectivity index (χ0n) is 12.7. The Morgan fingerprint density at radius 1 is 1.30 bits per heavy atom. The molecule has 118 valence electrons. The van der Waals surface area contributed by atoms with Crippen LogP contribution in [0.5, 0.6) is 0 Å². The van der Waals surface area contributed by atoms with E-state index in [1.807, 2.05) is 13.8 Å². The van der Waals surface area contributed by atoms with Gasteiger partial charge in [0.1, 0.15) is 0 Å². The van der Waals surface area contributed by atoms with Crippen LogP contribution in [-0.4, -0.2) is 43.4 Å². The summed E-state index contributed by atoms with van der Waals surface area (Å²) in [5.74, 6) is -1.13. The van der Waals surface area contributed by atoms with E-state index in [9.17, 15) is 13.2 Å². The van der Waals surface area contributed by atoms with Crippen molar-refractivity contribution in [3.8, 4) is 0 Å². The van der Waals surface area contributed by atoms with Gasteiger partial charge in [-0.25, -0.2) is 4.72 Å². The maximum absolute atomic E-state index is 12.2. The number of carboxylic acids is 1. The van der Waals surface area contributed by atoms with Crippen LogP contribution in [0.1, 0.15) is 34.1 Å². The third-order valence-electron chi connectivity index (χ3n) is 3.78. The largest absolute Gasteiger partial charge is 0.481 e. The van der Waals surface area contributed by atoms with Gasteiger partial charge in [0.15, 0.2) is 0 Å². The number of nitrogens with one attached hydrogen (secondary N) is 1. The first-order valence-corrected chi connectivity index (χ1v) is 8.55. The van der Waals surface area contributed by atoms with Crippen LogP contribution in [0.2, 0.25) is 0 Å². The molecule has 7 heteroatoms. The molecule has 0 aromatic heterocycles. The van der Waals surface area contributed by atoms with Crippen molar-refractivity contribution in [3.05, 3.63) is 0 Å². The van der Waals surface area contributed by atoms with E-state index in [4.69, 9.17) is 5.11 Å². The number of hydrogen-bond donors (Lipinski definition) is 2. The van der Waals surface area contributed by atoms with Crippen molar-refractivity contribution in [2.45, 2.75) is 34.1 Å². The Kier molecular flexibility index (Phi) is 5.97. The molecule has 0 radical (unpaired) electrons. The lowest BCUT2D eigenvalue weighted by atomic mass is 9.94. The summed E-state index contributed by atoms with van der Waals surface area (Å²) in [4.78, 5) is 11.1. The number of aliphatic carboxylic acids is 1. The van der Waals surface area contributed by atoms with Crippen LogP contribution in [0.4, 0.5) is 0 Å². The zero-order chi connectivity index (χ0) is 15.5. The van der Waals surface area contributed by atoms with Gasteiger partial charge in [0.25, 0.3) is 10.2 Å². The highest BCUT2D eigenvalue weighted by molar-refractivity contribution is 7.87. The Morgan fingerprint density at radius 3 is 2.20 bits per heavy atom. The van der Waals surface area contributed by atoms with Crippen molar-refractivity contribution in [3.63, 3.8) is 0 Å². The molecule has 0 bridgehead atoms. The van der Waals surface area contributed by atoms with E-state index in [2.05, 4.69) is 4.72 Å². The number of carboxylic acid groups (broad SMARTS) is 1. The molecule has 2 N–H and O–H groups in total. The molecule has 0 amide bonds. The molecule has 0 aliphatic carbocycles. The monoisotopic (exact) mass is 306 g/mol. The van der Waals surface area contributed by atoms with Crippen molar-refractivity contribution < 1.29 is 18.3 Å². The highest BCUT2D eigenvalue weighted by atomic mass is 32.2. The second kappa shape index (κ2) is 6.87. The highest BCUT2D eigenvalue weighted by Crippen LogP contribution is 2.22. The molecular formula is C13H26N2O4S. The predicted octanol–water partition coefficient (Wildman–Crippen LogP) is 1.16. The van der Waals surface area contributed by atoms with Crippen molar-refractivity contribution in [1.29, 1.82) is 0 Å². The molecule has 3 atom stereocenters. The summed E-state index contributed by atoms with van der Waals surface area (Å²) in [6, 6.07) is 0. The van der Waals surface area contributed by atoms with Gasteiger partial charge >= 0.3 is 5.97 Å². The molecule has 20 heavy (non-hydrogen) atoms. The second-order valence-corrected chi connectivity index (χ2v) is 8.06. The SMILES string of the molecule is CC1CC(C)CN(S(=O)(=O)NCC(C(=O)O)C(C)C)C1. The van der Waals surface area contributed by atoms with Crippen molar-refractivity contribution in [2.75, 3.05) is 19.6 Å². The van der Waals surface area contributed by atoms with Gasteiger partial charge in [-0.3, -0.25) is 4.79 Å². The Hall–Kier alpha value is -0.660. The fourth-order valence-corrected chi connectivity index (χ4v) is 4.17. The van der Waals surface area contributed by atoms with E-state index in [0.717, 1.165) is 6.42 Å². The maximum Gasteiger partial charge on any atom is 0.308 e. The van der Waals surface area contributed by atoms with Crippen molar-refractivity contribution in [2.24, 2.45) is 23.7 Å². The molecule has 1 aliphatic heterocycles. The molecule has 1 heterocycles. The van der Waals surface area contributed by atoms with E-state index in [0.29, 0.717) is 24.9 Å². The summed E-state index contributed by atoms with van der Waals surface area (Å²) in [5, 5.41) is 9.09. The molecule has 1 fully saturated rings. The fourth-order valence-electron chi connectivity index (χ4n) is 2.70. The highest BCUT2D eigenvalue weighted by Gasteiger charge is 2.31. The normalized spacial score (nSPS) is 26.6. The first-order chi connectivity index (χ1) is 9.13. The van der Waals surface area contributed by atoms with Crippen LogP contribution >= 0.6 is 0 Å². The molecule has 0 saturated carbocycles. The lowest BCUT2D eigenvalue weighted by Crippen LogP contribution is -2.49. The third-order valence-corrected chi connectivity index (χ3v) is 5.29. The third kappa shape index (κ3) is 4.71. The Bertz CT molecular complexity index is 426. The minimum atomic E-state index is -3.59. The van der Waals surface area contributed by atoms with Gasteiger partial charge in [-0.2, -0.15) is 12.7 Å². The first-order valence-electron chi connectivity index (χ1n) is 7.11. The first kappa shape index (κ1) is 17.4. The quantitative estimate of drug-likeness (QED) is 0.771. The second-order valence-electron chi connectivity index (χ2n) is 6.31. The van der Waals surface area contributed by atoms with Crippen LogP contribution in [0.25, 0.3) is 0 Å². The Morgan fingerprint density at radius 2 is 1.80 bits per heavy atom. The lowest BCUT2D eigenvalue weighted by molar-refractivity contribution is -0.142. The van der Waals surface area contributed by atoms with Gasteiger partial charge in [-0.1, -0.05) is 27.7 Å². The van der Waals surface area contributed by atoms with Crippen LogP contribution in [0, 0.1) is 23.7 Å². The molecule has 1 rings (SSSR count). The summed E-state index contributed by atoms with van der Waals surface area (Å²) in [6.45, 7) is 8.56. The molecular weight excluding hydrogens is 280 g/mol. The Labute approximate surface area is 121 Å². The predicted molar refractivity (Wildman–Crippen MR) is 77.4 cm³/mol. The minimum Gasteiger partial charge on any atom is -0.481 e. The van der Waals surface area contributed by atoms with E-state index >= 15 is 0 Å². The van der Waals surface area contributed by atoms with E-state index in [1.165, 1.54) is 4.31 Å². The summed E-state index contributed by atoms with van der Waals surface area (Å²) < 4.78 is 28.4. The van der Waals surface area contributed by atoms with Crippen molar-refractivity contribution in [1.82, 2.24) is 9.03 Å². The van der Waals surface area contributed by atoms with Gasteiger partial charge in [0.2, 0.25) is 0 Å². The standard InChI is InChI=1S/C13H26N2O4S/c1-9(2)12(13(16)17)6-14-20(18,19)15-7-10(3)5-11(4)8-15/h9-12,14H,5-8H2,1-4H3,(H,16,17). The smallest absolute Gasteiger partial charge is 0.308 e. The van der Waals surface area contributed by atoms with E-state index < -0.39 is 22.1 Å². The number of piperidine rings is 1. The molecule has 0 spiro atoms. The molecule has 0 aromatic rings. The van der Waals surface area contributed by atoms with E-state index in [1.54, 1.807) is 13.8 Å². The average Bonchev–Trinajstić information content (AvgIpc) is 2.26. The van der Waals surface area contributed by atoms with Gasteiger partial charge in [-0.05, 0) is 24.2 Å². The molecule has 6 nitrogen and oxygen atoms in total. The number of rotatable bonds is 6. The van der Waals surface area contributed by atoms with Crippen LogP contribution in [-0.2, 0) is 15.0 Å². The topological polar surface area (TPSA) is 86.7 Å². The molecule has 3 unspecified atom stereocenters. The molecule has 1 aliphatic rings. The summed E-state index contributed by atoms with van der Waals surface area (Å²) in [7, 11) is -3.59. The summed E-state index contributed by atoms with van der Waals surface area (Å²) in [6.07, 6.45) is 1.02. The Balaban J connectivity index is 2.67. The average molecular weight is 306 g/mol. The summed E-state index contributed by atoms with van der Waals surface area (Å²) in [5.41, 5.74) is 0. The molecule has 0 aromatic carbocycles. The van der Waals surface area contributed by atoms with Crippen LogP contribution < -0.4 is 4.72 Å². The maximum atomic E-state index is 12.2. The summed E-state index contributed by atoms with van der Waals surface area (Å²) >= 11 is 0. The van der Waals surface area contributed by atoms with Gasteiger partial charge < -0.3 is 5.11 Å². The number of nitrogens with zero attached hydrogens (tertiary/aromatic N) is 1. The van der Waals surface area contributed by atoms with Gasteiger partial charge in [0, 0.05) is 19.6 Å². The van der Waals surface area contributed by atoms with E-state index in [-0.39, 0.29) is 12.5 Å². The fraction of sp³-hybridized carbons (Fsp3) is 0.923. The van der Waals surface area contributed by atoms with Crippen LogP contribution in [0.15, 0.2) is 0 Å². The zero-order valence-corrected chi connectivity index (χ0v) is 13.5. The molecule has 1 saturated heterocycles. The minimum absolute atomic E-state index is 0.0609. The number of hydrogen-bond acceptors (Lipinski definition) is 3. The van der Waals surface area contributed by atoms with Crippen LogP contribution in [0.3, 0.4) is 0 Å². The van der Waals surface area contributed by atoms with Gasteiger partial charge in [-0.15, -0.1) is 0 Å². The van der Waals surface area contributed by atoms with Gasteiger partial charge in [0.05, 0.1) is 5.92 Å². The lowest BCUT2D eigenvalue weighted by Gasteiger charge is -2.34. The number of carbonyl (C=O) groups is 1.